The summed E-state index contributed by atoms with van der Waals surface area (Å²) in [7, 11) is 1.98. The van der Waals surface area contributed by atoms with E-state index in [1.807, 2.05) is 11.7 Å². The fraction of sp³-hybridized carbons (Fsp3) is 0.267. The molecule has 0 unspecified atom stereocenters. The van der Waals surface area contributed by atoms with Crippen LogP contribution in [0.25, 0.3) is 21.7 Å². The molecule has 86 valence electrons. The van der Waals surface area contributed by atoms with Gasteiger partial charge in [0.05, 0.1) is 5.52 Å². The molecule has 0 bridgehead atoms. The van der Waals surface area contributed by atoms with E-state index in [1.165, 1.54) is 21.7 Å². The second-order valence-electron chi connectivity index (χ2n) is 4.90. The Labute approximate surface area is 101 Å². The van der Waals surface area contributed by atoms with Crippen molar-refractivity contribution in [2.24, 2.45) is 7.05 Å². The van der Waals surface area contributed by atoms with E-state index in [0.29, 0.717) is 5.92 Å². The summed E-state index contributed by atoms with van der Waals surface area (Å²) in [5.74, 6) is 0.520. The Hall–Kier alpha value is -1.83. The summed E-state index contributed by atoms with van der Waals surface area (Å²) in [6.45, 7) is 4.47. The average molecular weight is 224 g/mol. The minimum Gasteiger partial charge on any atom is -0.275 e. The summed E-state index contributed by atoms with van der Waals surface area (Å²) in [6, 6.07) is 10.8. The lowest BCUT2D eigenvalue weighted by molar-refractivity contribution is 0.779. The molecule has 17 heavy (non-hydrogen) atoms. The number of hydrogen-bond acceptors (Lipinski definition) is 1. The van der Waals surface area contributed by atoms with Crippen molar-refractivity contribution in [3.63, 3.8) is 0 Å². The van der Waals surface area contributed by atoms with Crippen LogP contribution in [0.1, 0.15) is 25.3 Å². The van der Waals surface area contributed by atoms with Crippen LogP contribution in [0.4, 0.5) is 0 Å². The van der Waals surface area contributed by atoms with Crippen LogP contribution in [0.3, 0.4) is 0 Å². The molecule has 3 aromatic rings. The third kappa shape index (κ3) is 1.52. The molecule has 0 radical (unpaired) electrons. The molecule has 0 aliphatic carbocycles. The summed E-state index contributed by atoms with van der Waals surface area (Å²) in [4.78, 5) is 0. The molecule has 0 saturated carbocycles. The third-order valence-corrected chi connectivity index (χ3v) is 3.30. The fourth-order valence-electron chi connectivity index (χ4n) is 2.49. The first-order valence-corrected chi connectivity index (χ1v) is 6.02. The van der Waals surface area contributed by atoms with Gasteiger partial charge in [0.2, 0.25) is 0 Å². The molecule has 0 spiro atoms. The van der Waals surface area contributed by atoms with Crippen molar-refractivity contribution in [2.75, 3.05) is 0 Å². The summed E-state index contributed by atoms with van der Waals surface area (Å²) in [5.41, 5.74) is 2.47. The maximum Gasteiger partial charge on any atom is 0.0932 e. The van der Waals surface area contributed by atoms with Crippen molar-refractivity contribution in [3.8, 4) is 0 Å². The largest absolute Gasteiger partial charge is 0.275 e. The molecule has 1 aromatic heterocycles. The van der Waals surface area contributed by atoms with Gasteiger partial charge in [-0.2, -0.15) is 5.10 Å². The number of fused-ring (bicyclic) bond motifs is 3. The molecular formula is C15H16N2. The predicted octanol–water partition coefficient (Wildman–Crippen LogP) is 3.85. The van der Waals surface area contributed by atoms with E-state index >= 15 is 0 Å². The molecule has 0 saturated heterocycles. The van der Waals surface area contributed by atoms with E-state index in [1.54, 1.807) is 0 Å². The maximum absolute atomic E-state index is 4.52. The highest BCUT2D eigenvalue weighted by Gasteiger charge is 2.10. The highest BCUT2D eigenvalue weighted by atomic mass is 15.2. The number of nitrogens with zero attached hydrogens (tertiary/aromatic N) is 2. The first kappa shape index (κ1) is 10.3. The zero-order valence-corrected chi connectivity index (χ0v) is 10.4. The molecule has 0 N–H and O–H groups in total. The van der Waals surface area contributed by atoms with Gasteiger partial charge >= 0.3 is 0 Å². The van der Waals surface area contributed by atoms with Crippen molar-refractivity contribution in [3.05, 3.63) is 42.1 Å². The van der Waals surface area contributed by atoms with Crippen LogP contribution in [-0.4, -0.2) is 9.78 Å². The van der Waals surface area contributed by atoms with Crippen LogP contribution in [0.2, 0.25) is 0 Å². The highest BCUT2D eigenvalue weighted by Crippen LogP contribution is 2.31. The Morgan fingerprint density at radius 3 is 2.47 bits per heavy atom. The minimum absolute atomic E-state index is 0.520. The summed E-state index contributed by atoms with van der Waals surface area (Å²) in [5, 5.41) is 8.42. The number of rotatable bonds is 1. The summed E-state index contributed by atoms with van der Waals surface area (Å²) < 4.78 is 1.89. The lowest BCUT2D eigenvalue weighted by Gasteiger charge is -2.10. The normalized spacial score (nSPS) is 11.8. The number of aryl methyl sites for hydroxylation is 1. The molecule has 2 nitrogen and oxygen atoms in total. The van der Waals surface area contributed by atoms with Crippen LogP contribution in [0, 0.1) is 0 Å². The Morgan fingerprint density at radius 2 is 1.76 bits per heavy atom. The van der Waals surface area contributed by atoms with E-state index in [-0.39, 0.29) is 0 Å². The summed E-state index contributed by atoms with van der Waals surface area (Å²) >= 11 is 0. The van der Waals surface area contributed by atoms with Gasteiger partial charge < -0.3 is 0 Å². The molecule has 0 aliphatic heterocycles. The van der Waals surface area contributed by atoms with Crippen molar-refractivity contribution < 1.29 is 0 Å². The van der Waals surface area contributed by atoms with Gasteiger partial charge in [-0.1, -0.05) is 38.1 Å². The van der Waals surface area contributed by atoms with E-state index in [2.05, 4.69) is 55.5 Å². The zero-order valence-electron chi connectivity index (χ0n) is 10.4. The van der Waals surface area contributed by atoms with Gasteiger partial charge in [-0.15, -0.1) is 0 Å². The molecule has 3 rings (SSSR count). The smallest absolute Gasteiger partial charge is 0.0932 e. The van der Waals surface area contributed by atoms with Gasteiger partial charge in [0.1, 0.15) is 0 Å². The van der Waals surface area contributed by atoms with Crippen molar-refractivity contribution in [2.45, 2.75) is 19.8 Å². The SMILES string of the molecule is CC(C)c1cc2nn(C)cc2c2ccccc12. The van der Waals surface area contributed by atoms with Crippen molar-refractivity contribution in [1.29, 1.82) is 0 Å². The number of aromatic nitrogens is 2. The number of hydrogen-bond donors (Lipinski definition) is 0. The summed E-state index contributed by atoms with van der Waals surface area (Å²) in [6.07, 6.45) is 2.10. The monoisotopic (exact) mass is 224 g/mol. The Bertz CT molecular complexity index is 693. The second-order valence-corrected chi connectivity index (χ2v) is 4.90. The molecule has 0 atom stereocenters. The second kappa shape index (κ2) is 3.59. The quantitative estimate of drug-likeness (QED) is 0.614. The van der Waals surface area contributed by atoms with Gasteiger partial charge in [-0.25, -0.2) is 0 Å². The maximum atomic E-state index is 4.52. The predicted molar refractivity (Wildman–Crippen MR) is 72.3 cm³/mol. The lowest BCUT2D eigenvalue weighted by Crippen LogP contribution is -1.90. The van der Waals surface area contributed by atoms with E-state index in [9.17, 15) is 0 Å². The van der Waals surface area contributed by atoms with E-state index in [0.717, 1.165) is 5.52 Å². The van der Waals surface area contributed by atoms with Gasteiger partial charge in [0, 0.05) is 18.6 Å². The first-order chi connectivity index (χ1) is 8.16. The Balaban J connectivity index is 2.53. The van der Waals surface area contributed by atoms with Crippen LogP contribution in [0.15, 0.2) is 36.5 Å². The average Bonchev–Trinajstić information content (AvgIpc) is 2.68. The molecule has 0 amide bonds. The van der Waals surface area contributed by atoms with Gasteiger partial charge in [0.15, 0.2) is 0 Å². The van der Waals surface area contributed by atoms with Crippen LogP contribution >= 0.6 is 0 Å². The van der Waals surface area contributed by atoms with E-state index in [4.69, 9.17) is 0 Å². The number of benzene rings is 2. The van der Waals surface area contributed by atoms with Gasteiger partial charge in [0.25, 0.3) is 0 Å². The molecular weight excluding hydrogens is 208 g/mol. The minimum atomic E-state index is 0.520. The molecule has 2 heteroatoms. The van der Waals surface area contributed by atoms with Crippen LogP contribution < -0.4 is 0 Å². The third-order valence-electron chi connectivity index (χ3n) is 3.30. The van der Waals surface area contributed by atoms with Gasteiger partial charge in [-0.05, 0) is 28.3 Å². The van der Waals surface area contributed by atoms with Crippen molar-refractivity contribution in [1.82, 2.24) is 9.78 Å². The topological polar surface area (TPSA) is 17.8 Å². The molecule has 1 heterocycles. The van der Waals surface area contributed by atoms with E-state index < -0.39 is 0 Å². The highest BCUT2D eigenvalue weighted by molar-refractivity contribution is 6.07. The van der Waals surface area contributed by atoms with Crippen molar-refractivity contribution >= 4 is 21.7 Å². The Morgan fingerprint density at radius 1 is 1.06 bits per heavy atom. The standard InChI is InChI=1S/C15H16N2/c1-10(2)13-8-15-14(9-17(3)16-15)12-7-5-4-6-11(12)13/h4-10H,1-3H3. The van der Waals surface area contributed by atoms with Gasteiger partial charge in [-0.3, -0.25) is 4.68 Å². The molecule has 0 aliphatic rings. The van der Waals surface area contributed by atoms with Crippen LogP contribution in [0.5, 0.6) is 0 Å². The van der Waals surface area contributed by atoms with Crippen LogP contribution in [-0.2, 0) is 7.05 Å². The molecule has 0 fully saturated rings. The fourth-order valence-corrected chi connectivity index (χ4v) is 2.49. The Kier molecular flexibility index (Phi) is 2.18. The zero-order chi connectivity index (χ0) is 12.0. The lowest BCUT2D eigenvalue weighted by atomic mass is 9.94. The molecule has 2 aromatic carbocycles. The first-order valence-electron chi connectivity index (χ1n) is 6.02.